The van der Waals surface area contributed by atoms with Gasteiger partial charge in [-0.3, -0.25) is 4.79 Å². The van der Waals surface area contributed by atoms with Crippen LogP contribution in [0.2, 0.25) is 0 Å². The maximum atomic E-state index is 10.1. The standard InChI is InChI=1S/C7H4N2O2S/c10-4-11-5-2-12-6-1-8-3-9-7(5)6/h1-4H. The van der Waals surface area contributed by atoms with Crippen LogP contribution in [0.25, 0.3) is 10.2 Å². The lowest BCUT2D eigenvalue weighted by Crippen LogP contribution is -1.87. The van der Waals surface area contributed by atoms with Gasteiger partial charge in [-0.2, -0.15) is 0 Å². The molecule has 4 nitrogen and oxygen atoms in total. The van der Waals surface area contributed by atoms with E-state index in [0.29, 0.717) is 17.7 Å². The third kappa shape index (κ3) is 1.04. The number of thiophene rings is 1. The summed E-state index contributed by atoms with van der Waals surface area (Å²) >= 11 is 1.44. The topological polar surface area (TPSA) is 52.1 Å². The van der Waals surface area contributed by atoms with Crippen LogP contribution in [0.15, 0.2) is 17.9 Å². The van der Waals surface area contributed by atoms with Crippen LogP contribution in [0.5, 0.6) is 5.75 Å². The largest absolute Gasteiger partial charge is 0.426 e. The minimum absolute atomic E-state index is 0.392. The van der Waals surface area contributed by atoms with E-state index in [1.807, 2.05) is 0 Å². The Morgan fingerprint density at radius 3 is 3.33 bits per heavy atom. The third-order valence-corrected chi connectivity index (χ3v) is 2.26. The molecule has 0 saturated heterocycles. The number of ether oxygens (including phenoxy) is 1. The fourth-order valence-electron chi connectivity index (χ4n) is 0.896. The molecule has 2 aromatic rings. The minimum atomic E-state index is 0.392. The number of fused-ring (bicyclic) bond motifs is 1. The van der Waals surface area contributed by atoms with Gasteiger partial charge >= 0.3 is 0 Å². The van der Waals surface area contributed by atoms with Gasteiger partial charge in [0.1, 0.15) is 11.8 Å². The van der Waals surface area contributed by atoms with Gasteiger partial charge in [-0.1, -0.05) is 0 Å². The first kappa shape index (κ1) is 7.17. The molecule has 0 amide bonds. The Balaban J connectivity index is 2.62. The smallest absolute Gasteiger partial charge is 0.298 e. The van der Waals surface area contributed by atoms with E-state index in [-0.39, 0.29) is 0 Å². The Bertz CT molecular complexity index is 412. The Kier molecular flexibility index (Phi) is 1.71. The van der Waals surface area contributed by atoms with Crippen LogP contribution < -0.4 is 4.74 Å². The lowest BCUT2D eigenvalue weighted by Gasteiger charge is -1.91. The lowest BCUT2D eigenvalue weighted by atomic mass is 10.4. The highest BCUT2D eigenvalue weighted by atomic mass is 32.1. The minimum Gasteiger partial charge on any atom is -0.426 e. The molecular formula is C7H4N2O2S. The van der Waals surface area contributed by atoms with Crippen molar-refractivity contribution in [2.45, 2.75) is 0 Å². The summed E-state index contributed by atoms with van der Waals surface area (Å²) in [4.78, 5) is 17.9. The Morgan fingerprint density at radius 1 is 1.58 bits per heavy atom. The second kappa shape index (κ2) is 2.86. The van der Waals surface area contributed by atoms with Crippen molar-refractivity contribution in [3.8, 4) is 5.75 Å². The molecule has 60 valence electrons. The van der Waals surface area contributed by atoms with Gasteiger partial charge in [0.05, 0.1) is 4.70 Å². The normalized spacial score (nSPS) is 10.0. The fourth-order valence-corrected chi connectivity index (χ4v) is 1.68. The van der Waals surface area contributed by atoms with Gasteiger partial charge in [0.15, 0.2) is 5.75 Å². The Morgan fingerprint density at radius 2 is 2.50 bits per heavy atom. The van der Waals surface area contributed by atoms with Gasteiger partial charge < -0.3 is 4.74 Å². The van der Waals surface area contributed by atoms with E-state index < -0.39 is 0 Å². The molecule has 0 aliphatic rings. The predicted octanol–water partition coefficient (Wildman–Crippen LogP) is 1.23. The van der Waals surface area contributed by atoms with Crippen molar-refractivity contribution in [1.82, 2.24) is 9.97 Å². The number of hydrogen-bond donors (Lipinski definition) is 0. The fraction of sp³-hybridized carbons (Fsp3) is 0. The van der Waals surface area contributed by atoms with Gasteiger partial charge in [-0.05, 0) is 0 Å². The quantitative estimate of drug-likeness (QED) is 0.652. The number of carbonyl (C=O) groups excluding carboxylic acids is 1. The van der Waals surface area contributed by atoms with E-state index in [4.69, 9.17) is 4.74 Å². The van der Waals surface area contributed by atoms with E-state index >= 15 is 0 Å². The number of hydrogen-bond acceptors (Lipinski definition) is 5. The summed E-state index contributed by atoms with van der Waals surface area (Å²) < 4.78 is 5.61. The molecule has 0 aliphatic heterocycles. The van der Waals surface area contributed by atoms with Crippen molar-refractivity contribution in [2.24, 2.45) is 0 Å². The number of aromatic nitrogens is 2. The van der Waals surface area contributed by atoms with Crippen LogP contribution in [0, 0.1) is 0 Å². The van der Waals surface area contributed by atoms with Gasteiger partial charge in [0.25, 0.3) is 6.47 Å². The number of rotatable bonds is 2. The molecule has 0 fully saturated rings. The molecule has 2 heterocycles. The van der Waals surface area contributed by atoms with Crippen LogP contribution in [-0.2, 0) is 4.79 Å². The van der Waals surface area contributed by atoms with Crippen molar-refractivity contribution in [3.05, 3.63) is 17.9 Å². The predicted molar refractivity (Wildman–Crippen MR) is 44.1 cm³/mol. The average molecular weight is 180 g/mol. The van der Waals surface area contributed by atoms with E-state index in [2.05, 4.69) is 9.97 Å². The molecule has 12 heavy (non-hydrogen) atoms. The van der Waals surface area contributed by atoms with E-state index in [1.165, 1.54) is 17.7 Å². The van der Waals surface area contributed by atoms with Crippen LogP contribution in [0.4, 0.5) is 0 Å². The molecule has 5 heteroatoms. The van der Waals surface area contributed by atoms with Crippen molar-refractivity contribution >= 4 is 28.0 Å². The number of carbonyl (C=O) groups is 1. The van der Waals surface area contributed by atoms with Crippen LogP contribution in [0.3, 0.4) is 0 Å². The van der Waals surface area contributed by atoms with Crippen LogP contribution >= 0.6 is 11.3 Å². The maximum Gasteiger partial charge on any atom is 0.298 e. The zero-order chi connectivity index (χ0) is 8.39. The van der Waals surface area contributed by atoms with Gasteiger partial charge in [0.2, 0.25) is 0 Å². The molecular weight excluding hydrogens is 176 g/mol. The summed E-state index contributed by atoms with van der Waals surface area (Å²) in [6, 6.07) is 0. The van der Waals surface area contributed by atoms with E-state index in [1.54, 1.807) is 11.6 Å². The average Bonchev–Trinajstić information content (AvgIpc) is 2.50. The molecule has 0 aliphatic carbocycles. The van der Waals surface area contributed by atoms with Crippen LogP contribution in [0.1, 0.15) is 0 Å². The Labute approximate surface area is 71.8 Å². The molecule has 0 saturated carbocycles. The molecule has 0 spiro atoms. The van der Waals surface area contributed by atoms with Crippen molar-refractivity contribution in [3.63, 3.8) is 0 Å². The third-order valence-electron chi connectivity index (χ3n) is 1.38. The molecule has 0 unspecified atom stereocenters. The van der Waals surface area contributed by atoms with Crippen molar-refractivity contribution in [2.75, 3.05) is 0 Å². The highest BCUT2D eigenvalue weighted by Crippen LogP contribution is 2.28. The molecule has 0 atom stereocenters. The second-order valence-electron chi connectivity index (χ2n) is 2.05. The summed E-state index contributed by atoms with van der Waals surface area (Å²) in [6.07, 6.45) is 3.11. The first-order valence-corrected chi connectivity index (χ1v) is 4.07. The van der Waals surface area contributed by atoms with Crippen molar-refractivity contribution < 1.29 is 9.53 Å². The molecule has 2 aromatic heterocycles. The second-order valence-corrected chi connectivity index (χ2v) is 2.96. The van der Waals surface area contributed by atoms with E-state index in [9.17, 15) is 4.79 Å². The van der Waals surface area contributed by atoms with Crippen molar-refractivity contribution in [1.29, 1.82) is 0 Å². The molecule has 0 radical (unpaired) electrons. The zero-order valence-electron chi connectivity index (χ0n) is 5.93. The molecule has 0 bridgehead atoms. The van der Waals surface area contributed by atoms with Gasteiger partial charge in [-0.25, -0.2) is 9.97 Å². The summed E-state index contributed by atoms with van der Waals surface area (Å²) in [5.74, 6) is 0.493. The molecule has 2 rings (SSSR count). The summed E-state index contributed by atoms with van der Waals surface area (Å²) in [5, 5.41) is 1.73. The lowest BCUT2D eigenvalue weighted by molar-refractivity contribution is -0.120. The van der Waals surface area contributed by atoms with Gasteiger partial charge in [-0.15, -0.1) is 11.3 Å². The van der Waals surface area contributed by atoms with E-state index in [0.717, 1.165) is 4.70 Å². The monoisotopic (exact) mass is 180 g/mol. The first-order chi connectivity index (χ1) is 5.92. The summed E-state index contributed by atoms with van der Waals surface area (Å²) in [7, 11) is 0. The zero-order valence-corrected chi connectivity index (χ0v) is 6.75. The Hall–Kier alpha value is -1.49. The highest BCUT2D eigenvalue weighted by Gasteiger charge is 2.04. The van der Waals surface area contributed by atoms with Crippen LogP contribution in [-0.4, -0.2) is 16.4 Å². The maximum absolute atomic E-state index is 10.1. The summed E-state index contributed by atoms with van der Waals surface area (Å²) in [5.41, 5.74) is 0.683. The van der Waals surface area contributed by atoms with Gasteiger partial charge in [0, 0.05) is 11.6 Å². The highest BCUT2D eigenvalue weighted by molar-refractivity contribution is 7.17. The molecule has 0 aromatic carbocycles. The SMILES string of the molecule is O=COc1csc2cncnc12. The first-order valence-electron chi connectivity index (χ1n) is 3.19. The number of nitrogens with zero attached hydrogens (tertiary/aromatic N) is 2. The molecule has 0 N–H and O–H groups in total. The summed E-state index contributed by atoms with van der Waals surface area (Å²) in [6.45, 7) is 0.392.